The standard InChI is InChI=1S/C20H22N2O6/c1-27-18-9-3-15(4-10-18)11-13-21(14-12-19(23)28-2)20(24)16-5-7-17(8-6-16)22(25)26/h3-10H,11-14H2,1-2H3. The molecule has 0 aliphatic carbocycles. The molecule has 0 saturated heterocycles. The first-order chi connectivity index (χ1) is 13.4. The lowest BCUT2D eigenvalue weighted by Gasteiger charge is -2.22. The molecule has 2 aromatic carbocycles. The first-order valence-electron chi connectivity index (χ1n) is 8.68. The SMILES string of the molecule is COC(=O)CCN(CCc1ccc(OC)cc1)C(=O)c1ccc([N+](=O)[O-])cc1. The van der Waals surface area contributed by atoms with Crippen molar-refractivity contribution in [3.8, 4) is 5.75 Å². The normalized spacial score (nSPS) is 10.2. The maximum absolute atomic E-state index is 12.8. The maximum atomic E-state index is 12.8. The minimum absolute atomic E-state index is 0.0673. The summed E-state index contributed by atoms with van der Waals surface area (Å²) in [6.45, 7) is 0.581. The highest BCUT2D eigenvalue weighted by Gasteiger charge is 2.18. The fourth-order valence-electron chi connectivity index (χ4n) is 2.61. The third kappa shape index (κ3) is 5.80. The third-order valence-electron chi connectivity index (χ3n) is 4.26. The number of non-ortho nitro benzene ring substituents is 1. The van der Waals surface area contributed by atoms with Crippen LogP contribution in [0.2, 0.25) is 0 Å². The van der Waals surface area contributed by atoms with Crippen molar-refractivity contribution in [3.63, 3.8) is 0 Å². The van der Waals surface area contributed by atoms with Crippen LogP contribution in [0.25, 0.3) is 0 Å². The van der Waals surface area contributed by atoms with Gasteiger partial charge < -0.3 is 14.4 Å². The molecule has 0 aliphatic rings. The van der Waals surface area contributed by atoms with Gasteiger partial charge >= 0.3 is 5.97 Å². The van der Waals surface area contributed by atoms with Crippen LogP contribution in [0.4, 0.5) is 5.69 Å². The van der Waals surface area contributed by atoms with Gasteiger partial charge in [0.2, 0.25) is 0 Å². The van der Waals surface area contributed by atoms with Gasteiger partial charge in [0.25, 0.3) is 11.6 Å². The lowest BCUT2D eigenvalue weighted by Crippen LogP contribution is -2.35. The Balaban J connectivity index is 2.11. The van der Waals surface area contributed by atoms with E-state index in [0.717, 1.165) is 11.3 Å². The summed E-state index contributed by atoms with van der Waals surface area (Å²) < 4.78 is 9.78. The van der Waals surface area contributed by atoms with Crippen molar-refractivity contribution in [2.45, 2.75) is 12.8 Å². The van der Waals surface area contributed by atoms with E-state index in [0.29, 0.717) is 18.5 Å². The number of nitro groups is 1. The van der Waals surface area contributed by atoms with Gasteiger partial charge in [-0.05, 0) is 36.2 Å². The minimum Gasteiger partial charge on any atom is -0.497 e. The average molecular weight is 386 g/mol. The summed E-state index contributed by atoms with van der Waals surface area (Å²) in [5.41, 5.74) is 1.25. The smallest absolute Gasteiger partial charge is 0.307 e. The second-order valence-corrected chi connectivity index (χ2v) is 6.02. The van der Waals surface area contributed by atoms with Gasteiger partial charge in [0.15, 0.2) is 0 Å². The molecule has 0 heterocycles. The van der Waals surface area contributed by atoms with Gasteiger partial charge in [-0.15, -0.1) is 0 Å². The molecule has 0 aliphatic heterocycles. The molecule has 148 valence electrons. The predicted molar refractivity (Wildman–Crippen MR) is 102 cm³/mol. The number of carbonyl (C=O) groups excluding carboxylic acids is 2. The Morgan fingerprint density at radius 2 is 1.64 bits per heavy atom. The molecule has 1 amide bonds. The second kappa shape index (κ2) is 10.1. The second-order valence-electron chi connectivity index (χ2n) is 6.02. The van der Waals surface area contributed by atoms with Crippen LogP contribution >= 0.6 is 0 Å². The van der Waals surface area contributed by atoms with E-state index in [-0.39, 0.29) is 24.6 Å². The summed E-state index contributed by atoms with van der Waals surface area (Å²) in [5.74, 6) is 0.0338. The van der Waals surface area contributed by atoms with Crippen LogP contribution in [0.15, 0.2) is 48.5 Å². The summed E-state index contributed by atoms with van der Waals surface area (Å²) in [4.78, 5) is 36.1. The number of hydrogen-bond acceptors (Lipinski definition) is 6. The molecule has 0 N–H and O–H groups in total. The Bertz CT molecular complexity index is 818. The van der Waals surface area contributed by atoms with Gasteiger partial charge in [0.05, 0.1) is 25.6 Å². The Labute approximate surface area is 162 Å². The molecule has 2 rings (SSSR count). The molecule has 0 aromatic heterocycles. The van der Waals surface area contributed by atoms with Gasteiger partial charge in [-0.2, -0.15) is 0 Å². The van der Waals surface area contributed by atoms with E-state index in [2.05, 4.69) is 4.74 Å². The van der Waals surface area contributed by atoms with Crippen molar-refractivity contribution >= 4 is 17.6 Å². The molecule has 0 unspecified atom stereocenters. The van der Waals surface area contributed by atoms with E-state index in [1.165, 1.54) is 31.4 Å². The molecule has 0 saturated carbocycles. The molecule has 0 spiro atoms. The number of esters is 1. The zero-order valence-corrected chi connectivity index (χ0v) is 15.8. The fraction of sp³-hybridized carbons (Fsp3) is 0.300. The van der Waals surface area contributed by atoms with Gasteiger partial charge in [-0.3, -0.25) is 19.7 Å². The van der Waals surface area contributed by atoms with Crippen molar-refractivity contribution < 1.29 is 24.0 Å². The fourth-order valence-corrected chi connectivity index (χ4v) is 2.61. The van der Waals surface area contributed by atoms with E-state index in [4.69, 9.17) is 4.74 Å². The molecule has 28 heavy (non-hydrogen) atoms. The Kier molecular flexibility index (Phi) is 7.50. The summed E-state index contributed by atoms with van der Waals surface area (Å²) in [6.07, 6.45) is 0.654. The minimum atomic E-state index is -0.521. The molecule has 2 aromatic rings. The van der Waals surface area contributed by atoms with Gasteiger partial charge in [-0.25, -0.2) is 0 Å². The average Bonchev–Trinajstić information content (AvgIpc) is 2.73. The van der Waals surface area contributed by atoms with Crippen LogP contribution in [0.3, 0.4) is 0 Å². The number of rotatable bonds is 9. The van der Waals surface area contributed by atoms with E-state index in [1.54, 1.807) is 12.0 Å². The molecule has 8 nitrogen and oxygen atoms in total. The van der Waals surface area contributed by atoms with Crippen molar-refractivity contribution in [3.05, 3.63) is 69.8 Å². The molecular formula is C20H22N2O6. The number of amides is 1. The van der Waals surface area contributed by atoms with Crippen LogP contribution < -0.4 is 4.74 Å². The first kappa shape index (κ1) is 20.9. The monoisotopic (exact) mass is 386 g/mol. The molecule has 0 bridgehead atoms. The highest BCUT2D eigenvalue weighted by molar-refractivity contribution is 5.94. The lowest BCUT2D eigenvalue weighted by molar-refractivity contribution is -0.384. The van der Waals surface area contributed by atoms with E-state index >= 15 is 0 Å². The molecular weight excluding hydrogens is 364 g/mol. The van der Waals surface area contributed by atoms with Crippen LogP contribution in [0, 0.1) is 10.1 Å². The van der Waals surface area contributed by atoms with E-state index in [9.17, 15) is 19.7 Å². The zero-order chi connectivity index (χ0) is 20.5. The number of methoxy groups -OCH3 is 2. The number of nitro benzene ring substituents is 1. The van der Waals surface area contributed by atoms with E-state index in [1.807, 2.05) is 24.3 Å². The summed E-state index contributed by atoms with van der Waals surface area (Å²) in [5, 5.41) is 10.8. The quantitative estimate of drug-likeness (QED) is 0.373. The number of hydrogen-bond donors (Lipinski definition) is 0. The topological polar surface area (TPSA) is 99.0 Å². The Hall–Kier alpha value is -3.42. The lowest BCUT2D eigenvalue weighted by atomic mass is 10.1. The van der Waals surface area contributed by atoms with Crippen molar-refractivity contribution in [2.75, 3.05) is 27.3 Å². The summed E-state index contributed by atoms with van der Waals surface area (Å²) in [6, 6.07) is 12.9. The third-order valence-corrected chi connectivity index (χ3v) is 4.26. The van der Waals surface area contributed by atoms with Crippen molar-refractivity contribution in [1.29, 1.82) is 0 Å². The number of ether oxygens (including phenoxy) is 2. The van der Waals surface area contributed by atoms with Crippen LogP contribution in [0.5, 0.6) is 5.75 Å². The predicted octanol–water partition coefficient (Wildman–Crippen LogP) is 2.85. The molecule has 0 fully saturated rings. The van der Waals surface area contributed by atoms with Crippen molar-refractivity contribution in [1.82, 2.24) is 4.90 Å². The first-order valence-corrected chi connectivity index (χ1v) is 8.68. The van der Waals surface area contributed by atoms with Crippen LogP contribution in [0.1, 0.15) is 22.3 Å². The van der Waals surface area contributed by atoms with Crippen LogP contribution in [-0.2, 0) is 16.0 Å². The van der Waals surface area contributed by atoms with E-state index < -0.39 is 10.9 Å². The number of benzene rings is 2. The maximum Gasteiger partial charge on any atom is 0.307 e. The highest BCUT2D eigenvalue weighted by atomic mass is 16.6. The van der Waals surface area contributed by atoms with Gasteiger partial charge in [-0.1, -0.05) is 12.1 Å². The Morgan fingerprint density at radius 3 is 2.18 bits per heavy atom. The number of nitrogens with zero attached hydrogens (tertiary/aromatic N) is 2. The zero-order valence-electron chi connectivity index (χ0n) is 15.8. The molecule has 0 atom stereocenters. The van der Waals surface area contributed by atoms with Gasteiger partial charge in [0.1, 0.15) is 5.75 Å². The highest BCUT2D eigenvalue weighted by Crippen LogP contribution is 2.16. The Morgan fingerprint density at radius 1 is 1.00 bits per heavy atom. The van der Waals surface area contributed by atoms with Crippen molar-refractivity contribution in [2.24, 2.45) is 0 Å². The summed E-state index contributed by atoms with van der Waals surface area (Å²) in [7, 11) is 2.88. The molecule has 8 heteroatoms. The largest absolute Gasteiger partial charge is 0.497 e. The molecule has 0 radical (unpaired) electrons. The van der Waals surface area contributed by atoms with Gasteiger partial charge in [0, 0.05) is 30.8 Å². The number of carbonyl (C=O) groups is 2. The summed E-state index contributed by atoms with van der Waals surface area (Å²) >= 11 is 0. The van der Waals surface area contributed by atoms with Crippen LogP contribution in [-0.4, -0.2) is 49.0 Å².